The van der Waals surface area contributed by atoms with Gasteiger partial charge in [-0.3, -0.25) is 38.4 Å². The molecule has 12 rings (SSSR count). The Bertz CT molecular complexity index is 5050. The number of piperazine rings is 3. The summed E-state index contributed by atoms with van der Waals surface area (Å²) in [5.41, 5.74) is 7.63. The molecule has 0 spiro atoms. The molecule has 0 aliphatic carbocycles. The van der Waals surface area contributed by atoms with Gasteiger partial charge in [-0.2, -0.15) is 0 Å². The molecular weight excluding hydrogens is 1930 g/mol. The average molecular weight is 2040 g/mol. The molecule has 4 aliphatic heterocycles. The lowest BCUT2D eigenvalue weighted by molar-refractivity contribution is -0.132. The number of hydrogen-bond donors (Lipinski definition) is 6. The Kier molecular flexibility index (Phi) is 42.0. The topological polar surface area (TPSA) is 438 Å². The number of hydrogen-bond acceptors (Lipinski definition) is 23. The second kappa shape index (κ2) is 51.2. The van der Waals surface area contributed by atoms with Crippen LogP contribution >= 0.6 is 76.1 Å². The van der Waals surface area contributed by atoms with Crippen LogP contribution in [0.3, 0.4) is 0 Å². The molecule has 6 heterocycles. The average Bonchev–Trinajstić information content (AvgIpc) is 1.24. The van der Waals surface area contributed by atoms with E-state index < -0.39 is 41.2 Å². The molecule has 40 heteroatoms. The van der Waals surface area contributed by atoms with Gasteiger partial charge in [-0.25, -0.2) is 19.2 Å². The van der Waals surface area contributed by atoms with E-state index in [9.17, 15) is 57.5 Å². The Morgan fingerprint density at radius 1 is 0.378 bits per heavy atom. The first kappa shape index (κ1) is 104. The second-order valence-corrected chi connectivity index (χ2v) is 33.4. The van der Waals surface area contributed by atoms with Crippen LogP contribution in [-0.4, -0.2) is 284 Å². The van der Waals surface area contributed by atoms with Crippen LogP contribution < -0.4 is 40.6 Å². The SMILES string of the molecule is CC(C)(C)OC(=O)NCC(=O)N1CCCCC1.COc1ccc(Br)c(C(=O)N2CCN(C(=O)CN)CC2)c1.COc1ccc(Br)c(C(=O)N2CCN(C(=O)CNC(=O)OC(C)(C)C)CC2)c1.COc1ccc(Br)c(C(=O)N2CCN(C(=O)CNC(=O)c3cc(-c4ccccc4)on3)CC2)c1.COc1ccc(Br)c(C(=O)O)c1.Cl.O=C(O)c1cc(-c2ccccc2)on1. The van der Waals surface area contributed by atoms with Crippen molar-refractivity contribution < 1.29 is 105 Å². The molecule has 4 fully saturated rings. The Balaban J connectivity index is 0.000000243. The molecule has 2 aromatic heterocycles. The number of carbonyl (C=O) groups is 12. The van der Waals surface area contributed by atoms with E-state index in [-0.39, 0.29) is 96.9 Å². The summed E-state index contributed by atoms with van der Waals surface area (Å²) < 4.78 is 43.4. The lowest BCUT2D eigenvalue weighted by atomic mass is 10.1. The Morgan fingerprint density at radius 2 is 0.669 bits per heavy atom. The normalized spacial score (nSPS) is 13.5. The smallest absolute Gasteiger partial charge is 0.408 e. The number of alkyl carbamates (subject to hydrolysis) is 2. The van der Waals surface area contributed by atoms with Crippen molar-refractivity contribution in [1.29, 1.82) is 0 Å². The summed E-state index contributed by atoms with van der Waals surface area (Å²) in [6.45, 7) is 17.2. The summed E-state index contributed by atoms with van der Waals surface area (Å²) in [5, 5.41) is 32.1. The number of piperidine rings is 1. The fourth-order valence-electron chi connectivity index (χ4n) is 12.2. The van der Waals surface area contributed by atoms with E-state index in [4.69, 9.17) is 53.4 Å². The Hall–Kier alpha value is -11.7. The minimum atomic E-state index is -1.09. The van der Waals surface area contributed by atoms with Crippen LogP contribution in [0.15, 0.2) is 173 Å². The van der Waals surface area contributed by atoms with Crippen molar-refractivity contribution in [2.45, 2.75) is 72.0 Å². The zero-order chi connectivity index (χ0) is 92.4. The van der Waals surface area contributed by atoms with Crippen molar-refractivity contribution in [3.63, 3.8) is 0 Å². The van der Waals surface area contributed by atoms with Crippen LogP contribution in [0.5, 0.6) is 23.0 Å². The molecule has 4 saturated heterocycles. The van der Waals surface area contributed by atoms with E-state index in [0.717, 1.165) is 41.5 Å². The van der Waals surface area contributed by atoms with Crippen molar-refractivity contribution in [3.8, 4) is 45.6 Å². The molecule has 4 aliphatic rings. The fourth-order valence-corrected chi connectivity index (χ4v) is 13.8. The van der Waals surface area contributed by atoms with E-state index in [1.165, 1.54) is 31.7 Å². The largest absolute Gasteiger partial charge is 0.497 e. The van der Waals surface area contributed by atoms with E-state index in [1.807, 2.05) is 60.7 Å². The second-order valence-electron chi connectivity index (χ2n) is 29.9. The number of halogens is 5. The van der Waals surface area contributed by atoms with Gasteiger partial charge in [0.25, 0.3) is 23.6 Å². The van der Waals surface area contributed by atoms with Crippen molar-refractivity contribution in [2.24, 2.45) is 5.73 Å². The van der Waals surface area contributed by atoms with Gasteiger partial charge in [0.2, 0.25) is 23.6 Å². The van der Waals surface area contributed by atoms with E-state index in [2.05, 4.69) is 90.0 Å². The number of carboxylic acids is 2. The maximum Gasteiger partial charge on any atom is 0.408 e. The van der Waals surface area contributed by atoms with Gasteiger partial charge in [-0.1, -0.05) is 71.0 Å². The first-order chi connectivity index (χ1) is 59.9. The highest BCUT2D eigenvalue weighted by Gasteiger charge is 2.31. The van der Waals surface area contributed by atoms with Crippen LogP contribution in [0.2, 0.25) is 0 Å². The maximum absolute atomic E-state index is 12.9. The Morgan fingerprint density at radius 3 is 0.976 bits per heavy atom. The number of rotatable bonds is 19. The van der Waals surface area contributed by atoms with Crippen LogP contribution in [0.4, 0.5) is 9.59 Å². The van der Waals surface area contributed by atoms with Gasteiger partial charge in [0.05, 0.1) is 63.8 Å². The summed E-state index contributed by atoms with van der Waals surface area (Å²) >= 11 is 13.3. The van der Waals surface area contributed by atoms with E-state index >= 15 is 0 Å². The molecule has 0 bridgehead atoms. The van der Waals surface area contributed by atoms with Crippen molar-refractivity contribution in [2.75, 3.05) is 146 Å². The summed E-state index contributed by atoms with van der Waals surface area (Å²) in [6.07, 6.45) is 2.13. The Labute approximate surface area is 774 Å². The van der Waals surface area contributed by atoms with Gasteiger partial charge < -0.3 is 104 Å². The molecule has 684 valence electrons. The first-order valence-electron chi connectivity index (χ1n) is 39.7. The molecule has 10 amide bonds. The predicted octanol–water partition coefficient (Wildman–Crippen LogP) is 11.9. The number of aromatic carboxylic acids is 2. The molecule has 0 unspecified atom stereocenters. The number of likely N-dealkylation sites (tertiary alicyclic amines) is 1. The molecule has 7 N–H and O–H groups in total. The molecular formula is C87H104Br4ClN13O22. The minimum absolute atomic E-state index is 0. The summed E-state index contributed by atoms with van der Waals surface area (Å²) in [6, 6.07) is 42.0. The standard InChI is InChI=1S/C24H23BrN4O5.C19H26BrN3O5.C14H18BrN3O3.C12H22N2O3.C10H7NO3.C8H7BrO3.ClH/c1-33-17-7-8-19(25)18(13-17)24(32)29-11-9-28(10-12-29)22(30)15-26-23(31)20-14-21(34-27-20)16-5-3-2-4-6-16;1-19(2,3)28-18(26)21-12-16(24)22-7-9-23(10-8-22)17(25)14-11-13(27-4)5-6-15(14)20;1-21-10-2-3-12(15)11(8-10)14(20)18-6-4-17(5-7-18)13(19)9-16;1-12(2,3)17-11(16)13-9-10(15)14-7-5-4-6-8-14;12-10(13)8-6-9(14-11-8)7-4-2-1-3-5-7;1-12-5-2-3-7(9)6(4-5)8(10)11;/h2-8,13-14H,9-12,15H2,1H3,(H,26,31);5-6,11H,7-10,12H2,1-4H3,(H,21,26);2-3,8H,4-7,9,16H2,1H3;4-9H2,1-3H3,(H,13,16);1-6H,(H,12,13);2-4H,1H3,(H,10,11);1H. The van der Waals surface area contributed by atoms with Crippen molar-refractivity contribution in [1.82, 2.24) is 60.6 Å². The van der Waals surface area contributed by atoms with Gasteiger partial charge >= 0.3 is 24.1 Å². The number of benzene rings is 6. The number of nitrogens with one attached hydrogen (secondary N) is 3. The molecule has 6 aromatic carbocycles. The molecule has 0 radical (unpaired) electrons. The van der Waals surface area contributed by atoms with Crippen molar-refractivity contribution >= 4 is 148 Å². The number of carboxylic acid groups (broad SMARTS) is 2. The van der Waals surface area contributed by atoms with Crippen molar-refractivity contribution in [3.05, 3.63) is 197 Å². The highest BCUT2D eigenvalue weighted by Crippen LogP contribution is 2.30. The van der Waals surface area contributed by atoms with E-state index in [1.54, 1.807) is 164 Å². The zero-order valence-corrected chi connectivity index (χ0v) is 78.9. The quantitative estimate of drug-likeness (QED) is 0.0438. The summed E-state index contributed by atoms with van der Waals surface area (Å²) in [7, 11) is 6.15. The first-order valence-corrected chi connectivity index (χ1v) is 42.9. The lowest BCUT2D eigenvalue weighted by Gasteiger charge is -2.35. The number of amides is 10. The van der Waals surface area contributed by atoms with Gasteiger partial charge in [-0.15, -0.1) is 12.4 Å². The molecule has 127 heavy (non-hydrogen) atoms. The third kappa shape index (κ3) is 33.6. The minimum Gasteiger partial charge on any atom is -0.497 e. The third-order valence-electron chi connectivity index (χ3n) is 18.8. The summed E-state index contributed by atoms with van der Waals surface area (Å²) in [4.78, 5) is 155. The monoisotopic (exact) mass is 2030 g/mol. The number of carbonyl (C=O) groups excluding carboxylic acids is 10. The van der Waals surface area contributed by atoms with Crippen LogP contribution in [0.1, 0.15) is 123 Å². The molecule has 8 aromatic rings. The van der Waals surface area contributed by atoms with Crippen LogP contribution in [0, 0.1) is 0 Å². The van der Waals surface area contributed by atoms with Crippen LogP contribution in [-0.2, 0) is 28.7 Å². The summed E-state index contributed by atoms with van der Waals surface area (Å²) in [5.74, 6) is -0.106. The highest BCUT2D eigenvalue weighted by atomic mass is 79.9. The lowest BCUT2D eigenvalue weighted by Crippen LogP contribution is -2.52. The van der Waals surface area contributed by atoms with Gasteiger partial charge in [-0.05, 0) is 197 Å². The number of methoxy groups -OCH3 is 4. The molecule has 0 saturated carbocycles. The predicted molar refractivity (Wildman–Crippen MR) is 486 cm³/mol. The third-order valence-corrected chi connectivity index (χ3v) is 21.6. The molecule has 0 atom stereocenters. The fraction of sp³-hybridized carbons (Fsp3) is 0.379. The van der Waals surface area contributed by atoms with Gasteiger partial charge in [0, 0.05) is 133 Å². The maximum atomic E-state index is 12.9. The number of nitrogens with zero attached hydrogens (tertiary/aromatic N) is 9. The molecule has 35 nitrogen and oxygen atoms in total. The van der Waals surface area contributed by atoms with Gasteiger partial charge in [0.15, 0.2) is 22.9 Å². The number of nitrogens with two attached hydrogens (primary N) is 1. The van der Waals surface area contributed by atoms with Gasteiger partial charge in [0.1, 0.15) is 47.3 Å². The number of ether oxygens (including phenoxy) is 6. The number of aromatic nitrogens is 2. The van der Waals surface area contributed by atoms with Crippen LogP contribution in [0.25, 0.3) is 22.6 Å². The van der Waals surface area contributed by atoms with E-state index in [0.29, 0.717) is 143 Å². The zero-order valence-electron chi connectivity index (χ0n) is 71.8. The highest BCUT2D eigenvalue weighted by molar-refractivity contribution is 9.11.